The van der Waals surface area contributed by atoms with Gasteiger partial charge < -0.3 is 4.74 Å². The van der Waals surface area contributed by atoms with Gasteiger partial charge in [-0.25, -0.2) is 9.78 Å². The average molecular weight is 329 g/mol. The summed E-state index contributed by atoms with van der Waals surface area (Å²) in [5, 5.41) is 0.456. The lowest BCUT2D eigenvalue weighted by Crippen LogP contribution is -2.09. The fraction of sp³-hybridized carbons (Fsp3) is 0.333. The summed E-state index contributed by atoms with van der Waals surface area (Å²) in [7, 11) is 0. The zero-order valence-corrected chi connectivity index (χ0v) is 12.8. The maximum atomic E-state index is 13.0. The molecule has 1 aromatic carbocycles. The highest BCUT2D eigenvalue weighted by atomic mass is 32.1. The predicted molar refractivity (Wildman–Crippen MR) is 77.1 cm³/mol. The standard InChI is InChI=1S/C15H14F3NO2S/c1-3-21-14(20)13-9(2)19-12(22-13)8-10-6-4-5-7-11(10)15(16,17)18/h4-7H,3,8H2,1-2H3. The number of nitrogens with zero attached hydrogens (tertiary/aromatic N) is 1. The Kier molecular flexibility index (Phi) is 4.85. The van der Waals surface area contributed by atoms with Gasteiger partial charge in [0.1, 0.15) is 4.88 Å². The summed E-state index contributed by atoms with van der Waals surface area (Å²) in [5.74, 6) is -0.493. The fourth-order valence-corrected chi connectivity index (χ4v) is 3.01. The monoisotopic (exact) mass is 329 g/mol. The van der Waals surface area contributed by atoms with E-state index in [1.807, 2.05) is 0 Å². The van der Waals surface area contributed by atoms with Crippen molar-refractivity contribution in [3.05, 3.63) is 51.0 Å². The van der Waals surface area contributed by atoms with Gasteiger partial charge in [-0.1, -0.05) is 18.2 Å². The van der Waals surface area contributed by atoms with Crippen LogP contribution in [-0.2, 0) is 17.3 Å². The summed E-state index contributed by atoms with van der Waals surface area (Å²) in [6, 6.07) is 5.37. The van der Waals surface area contributed by atoms with Gasteiger partial charge in [0.05, 0.1) is 22.9 Å². The molecule has 2 aromatic rings. The van der Waals surface area contributed by atoms with E-state index in [4.69, 9.17) is 4.74 Å². The number of hydrogen-bond acceptors (Lipinski definition) is 4. The van der Waals surface area contributed by atoms with Crippen molar-refractivity contribution in [1.29, 1.82) is 0 Å². The lowest BCUT2D eigenvalue weighted by Gasteiger charge is -2.11. The van der Waals surface area contributed by atoms with Gasteiger partial charge in [-0.15, -0.1) is 11.3 Å². The van der Waals surface area contributed by atoms with Gasteiger partial charge in [-0.2, -0.15) is 13.2 Å². The van der Waals surface area contributed by atoms with Crippen molar-refractivity contribution in [2.45, 2.75) is 26.4 Å². The quantitative estimate of drug-likeness (QED) is 0.788. The minimum Gasteiger partial charge on any atom is -0.462 e. The number of ether oxygens (including phenoxy) is 1. The Morgan fingerprint density at radius 2 is 2.00 bits per heavy atom. The molecule has 118 valence electrons. The lowest BCUT2D eigenvalue weighted by molar-refractivity contribution is -0.138. The summed E-state index contributed by atoms with van der Waals surface area (Å²) in [5.41, 5.74) is -0.0670. The number of rotatable bonds is 4. The van der Waals surface area contributed by atoms with Crippen molar-refractivity contribution in [3.63, 3.8) is 0 Å². The van der Waals surface area contributed by atoms with Crippen LogP contribution in [0.1, 0.15) is 38.4 Å². The van der Waals surface area contributed by atoms with Gasteiger partial charge in [-0.05, 0) is 25.5 Å². The number of hydrogen-bond donors (Lipinski definition) is 0. The van der Waals surface area contributed by atoms with Crippen molar-refractivity contribution in [1.82, 2.24) is 4.98 Å². The molecule has 2 rings (SSSR count). The number of aromatic nitrogens is 1. The summed E-state index contributed by atoms with van der Waals surface area (Å²) in [4.78, 5) is 16.2. The summed E-state index contributed by atoms with van der Waals surface area (Å²) < 4.78 is 43.8. The van der Waals surface area contributed by atoms with Crippen LogP contribution in [0.2, 0.25) is 0 Å². The molecule has 0 saturated carbocycles. The highest BCUT2D eigenvalue weighted by Crippen LogP contribution is 2.33. The Labute approximate surface area is 129 Å². The van der Waals surface area contributed by atoms with Crippen LogP contribution in [0.4, 0.5) is 13.2 Å². The van der Waals surface area contributed by atoms with Gasteiger partial charge in [0.25, 0.3) is 0 Å². The van der Waals surface area contributed by atoms with Gasteiger partial charge in [0.2, 0.25) is 0 Å². The molecular formula is C15H14F3NO2S. The smallest absolute Gasteiger partial charge is 0.416 e. The topological polar surface area (TPSA) is 39.2 Å². The minimum absolute atomic E-state index is 0.0284. The Balaban J connectivity index is 2.29. The molecule has 0 aliphatic heterocycles. The zero-order valence-electron chi connectivity index (χ0n) is 12.0. The van der Waals surface area contributed by atoms with Crippen molar-refractivity contribution < 1.29 is 22.7 Å². The van der Waals surface area contributed by atoms with E-state index in [9.17, 15) is 18.0 Å². The molecule has 1 aromatic heterocycles. The molecule has 7 heteroatoms. The van der Waals surface area contributed by atoms with Crippen molar-refractivity contribution in [2.75, 3.05) is 6.61 Å². The highest BCUT2D eigenvalue weighted by Gasteiger charge is 2.33. The summed E-state index contributed by atoms with van der Waals surface area (Å²) in [6.45, 7) is 3.57. The van der Waals surface area contributed by atoms with Crippen LogP contribution < -0.4 is 0 Å². The number of esters is 1. The molecule has 22 heavy (non-hydrogen) atoms. The van der Waals surface area contributed by atoms with Crippen LogP contribution >= 0.6 is 11.3 Å². The van der Waals surface area contributed by atoms with Crippen LogP contribution in [0.25, 0.3) is 0 Å². The number of halogens is 3. The minimum atomic E-state index is -4.41. The third-order valence-corrected chi connectivity index (χ3v) is 4.10. The Hall–Kier alpha value is -1.89. The van der Waals surface area contributed by atoms with Crippen LogP contribution in [0.5, 0.6) is 0 Å². The molecule has 1 heterocycles. The van der Waals surface area contributed by atoms with E-state index in [1.165, 1.54) is 12.1 Å². The first-order valence-corrected chi connectivity index (χ1v) is 7.43. The maximum Gasteiger partial charge on any atom is 0.416 e. The molecular weight excluding hydrogens is 315 g/mol. The maximum absolute atomic E-state index is 13.0. The SMILES string of the molecule is CCOC(=O)c1sc(Cc2ccccc2C(F)(F)F)nc1C. The number of benzene rings is 1. The largest absolute Gasteiger partial charge is 0.462 e. The van der Waals surface area contributed by atoms with Crippen molar-refractivity contribution in [3.8, 4) is 0 Å². The number of carbonyl (C=O) groups excluding carboxylic acids is 1. The van der Waals surface area contributed by atoms with Gasteiger partial charge in [0.15, 0.2) is 0 Å². The normalized spacial score (nSPS) is 11.5. The number of thiazole rings is 1. The predicted octanol–water partition coefficient (Wildman–Crippen LogP) is 4.24. The first kappa shape index (κ1) is 16.5. The van der Waals surface area contributed by atoms with Crippen molar-refractivity contribution >= 4 is 17.3 Å². The molecule has 0 atom stereocenters. The van der Waals surface area contributed by atoms with Crippen LogP contribution in [0.3, 0.4) is 0 Å². The second-order valence-electron chi connectivity index (χ2n) is 4.57. The van der Waals surface area contributed by atoms with Crippen molar-refractivity contribution in [2.24, 2.45) is 0 Å². The summed E-state index contributed by atoms with van der Waals surface area (Å²) >= 11 is 1.07. The highest BCUT2D eigenvalue weighted by molar-refractivity contribution is 7.13. The fourth-order valence-electron chi connectivity index (χ4n) is 2.03. The third-order valence-electron chi connectivity index (χ3n) is 2.97. The Bertz CT molecular complexity index is 680. The molecule has 0 unspecified atom stereocenters. The van der Waals surface area contributed by atoms with E-state index >= 15 is 0 Å². The van der Waals surface area contributed by atoms with E-state index in [2.05, 4.69) is 4.98 Å². The van der Waals surface area contributed by atoms with Gasteiger partial charge in [0, 0.05) is 6.42 Å². The van der Waals surface area contributed by atoms with Crippen LogP contribution in [0.15, 0.2) is 24.3 Å². The van der Waals surface area contributed by atoms with E-state index in [0.29, 0.717) is 15.6 Å². The molecule has 0 radical (unpaired) electrons. The average Bonchev–Trinajstić information content (AvgIpc) is 2.79. The third kappa shape index (κ3) is 3.65. The van der Waals surface area contributed by atoms with E-state index in [1.54, 1.807) is 19.9 Å². The van der Waals surface area contributed by atoms with Crippen LogP contribution in [-0.4, -0.2) is 17.6 Å². The van der Waals surface area contributed by atoms with E-state index in [0.717, 1.165) is 17.4 Å². The first-order valence-electron chi connectivity index (χ1n) is 6.61. The molecule has 0 bridgehead atoms. The van der Waals surface area contributed by atoms with E-state index < -0.39 is 17.7 Å². The second-order valence-corrected chi connectivity index (χ2v) is 5.66. The molecule has 0 fully saturated rings. The molecule has 0 spiro atoms. The number of carbonyl (C=O) groups is 1. The van der Waals surface area contributed by atoms with E-state index in [-0.39, 0.29) is 18.6 Å². The summed E-state index contributed by atoms with van der Waals surface area (Å²) in [6.07, 6.45) is -4.38. The molecule has 0 N–H and O–H groups in total. The van der Waals surface area contributed by atoms with Gasteiger partial charge >= 0.3 is 12.1 Å². The van der Waals surface area contributed by atoms with Crippen LogP contribution in [0, 0.1) is 6.92 Å². The zero-order chi connectivity index (χ0) is 16.3. The molecule has 0 saturated heterocycles. The number of alkyl halides is 3. The first-order chi connectivity index (χ1) is 10.3. The second kappa shape index (κ2) is 6.48. The molecule has 0 amide bonds. The van der Waals surface area contributed by atoms with Gasteiger partial charge in [-0.3, -0.25) is 0 Å². The molecule has 0 aliphatic carbocycles. The number of aryl methyl sites for hydroxylation is 1. The Morgan fingerprint density at radius 3 is 2.64 bits per heavy atom. The molecule has 0 aliphatic rings. The lowest BCUT2D eigenvalue weighted by atomic mass is 10.0. The molecule has 3 nitrogen and oxygen atoms in total. The Morgan fingerprint density at radius 1 is 1.32 bits per heavy atom.